The number of methoxy groups -OCH3 is 1. The van der Waals surface area contributed by atoms with Crippen LogP contribution in [0.3, 0.4) is 0 Å². The van der Waals surface area contributed by atoms with Crippen molar-refractivity contribution in [3.63, 3.8) is 0 Å². The third-order valence-corrected chi connectivity index (χ3v) is 7.30. The largest absolute Gasteiger partial charge is 0.489 e. The summed E-state index contributed by atoms with van der Waals surface area (Å²) in [5.41, 5.74) is -0.134. The molecule has 2 aliphatic rings. The van der Waals surface area contributed by atoms with Gasteiger partial charge in [0.05, 0.1) is 49.6 Å². The number of hydrogen-bond donors (Lipinski definition) is 1. The smallest absolute Gasteiger partial charge is 0.410 e. The normalized spacial score (nSPS) is 21.5. The fourth-order valence-electron chi connectivity index (χ4n) is 4.44. The first-order valence-corrected chi connectivity index (χ1v) is 14.1. The van der Waals surface area contributed by atoms with Gasteiger partial charge in [-0.05, 0) is 23.6 Å². The van der Waals surface area contributed by atoms with Crippen LogP contribution in [-0.2, 0) is 19.3 Å². The molecule has 1 aromatic heterocycles. The van der Waals surface area contributed by atoms with Gasteiger partial charge in [-0.2, -0.15) is 4.98 Å². The quantitative estimate of drug-likeness (QED) is 0.544. The zero-order chi connectivity index (χ0) is 27.7. The van der Waals surface area contributed by atoms with Gasteiger partial charge in [0, 0.05) is 19.1 Å². The molecule has 1 N–H and O–H groups in total. The number of sulfone groups is 1. The first kappa shape index (κ1) is 27.8. The molecule has 13 heteroatoms. The van der Waals surface area contributed by atoms with Crippen LogP contribution < -0.4 is 14.8 Å². The molecule has 1 amide bonds. The molecular formula is C25H33FN4O7S. The Morgan fingerprint density at radius 2 is 1.89 bits per heavy atom. The molecule has 2 aliphatic heterocycles. The number of anilines is 2. The van der Waals surface area contributed by atoms with Crippen molar-refractivity contribution in [2.45, 2.75) is 56.7 Å². The number of nitrogens with one attached hydrogen (secondary N) is 1. The fraction of sp³-hybridized carbons (Fsp3) is 0.560. The second kappa shape index (κ2) is 10.9. The molecule has 208 valence electrons. The second-order valence-corrected chi connectivity index (χ2v) is 12.7. The number of rotatable bonds is 7. The zero-order valence-corrected chi connectivity index (χ0v) is 22.9. The Bertz CT molecular complexity index is 1270. The molecule has 3 heterocycles. The molecule has 1 aromatic carbocycles. The van der Waals surface area contributed by atoms with E-state index in [2.05, 4.69) is 15.3 Å². The summed E-state index contributed by atoms with van der Waals surface area (Å²) in [5.74, 6) is -0.303. The van der Waals surface area contributed by atoms with Crippen LogP contribution in [-0.4, -0.2) is 80.8 Å². The molecule has 11 nitrogen and oxygen atoms in total. The molecule has 2 bridgehead atoms. The van der Waals surface area contributed by atoms with E-state index in [1.165, 1.54) is 25.6 Å². The summed E-state index contributed by atoms with van der Waals surface area (Å²) >= 11 is 0. The Labute approximate surface area is 221 Å². The highest BCUT2D eigenvalue weighted by Crippen LogP contribution is 2.37. The van der Waals surface area contributed by atoms with Crippen molar-refractivity contribution in [2.75, 3.05) is 38.5 Å². The van der Waals surface area contributed by atoms with Gasteiger partial charge in [-0.1, -0.05) is 20.8 Å². The number of piperidine rings is 1. The minimum atomic E-state index is -3.56. The van der Waals surface area contributed by atoms with Gasteiger partial charge in [0.25, 0.3) is 5.88 Å². The first-order chi connectivity index (χ1) is 17.9. The van der Waals surface area contributed by atoms with Crippen LogP contribution in [0.5, 0.6) is 11.6 Å². The number of morpholine rings is 1. The molecule has 2 saturated heterocycles. The Kier molecular flexibility index (Phi) is 7.98. The third-order valence-electron chi connectivity index (χ3n) is 6.19. The van der Waals surface area contributed by atoms with E-state index in [4.69, 9.17) is 18.9 Å². The molecule has 0 aliphatic carbocycles. The molecule has 0 saturated carbocycles. The highest BCUT2D eigenvalue weighted by atomic mass is 32.2. The zero-order valence-electron chi connectivity index (χ0n) is 22.1. The summed E-state index contributed by atoms with van der Waals surface area (Å²) < 4.78 is 61.0. The Morgan fingerprint density at radius 1 is 1.21 bits per heavy atom. The van der Waals surface area contributed by atoms with Crippen LogP contribution in [0.15, 0.2) is 29.4 Å². The fourth-order valence-corrected chi connectivity index (χ4v) is 5.07. The number of carbonyl (C=O) groups is 1. The van der Waals surface area contributed by atoms with Crippen molar-refractivity contribution in [1.29, 1.82) is 0 Å². The summed E-state index contributed by atoms with van der Waals surface area (Å²) in [5, 5.41) is 2.82. The van der Waals surface area contributed by atoms with Crippen LogP contribution >= 0.6 is 0 Å². The number of amides is 1. The summed E-state index contributed by atoms with van der Waals surface area (Å²) in [6.45, 7) is 7.06. The lowest BCUT2D eigenvalue weighted by Gasteiger charge is -2.47. The van der Waals surface area contributed by atoms with Crippen LogP contribution in [0.1, 0.15) is 33.6 Å². The summed E-state index contributed by atoms with van der Waals surface area (Å²) in [6, 6.07) is 3.11. The van der Waals surface area contributed by atoms with Crippen LogP contribution in [0, 0.1) is 11.2 Å². The van der Waals surface area contributed by atoms with E-state index in [0.29, 0.717) is 32.7 Å². The van der Waals surface area contributed by atoms with Crippen LogP contribution in [0.25, 0.3) is 0 Å². The minimum Gasteiger partial charge on any atom is -0.489 e. The molecule has 2 atom stereocenters. The minimum absolute atomic E-state index is 0.00843. The molecule has 4 rings (SSSR count). The Hall–Kier alpha value is -3.19. The topological polar surface area (TPSA) is 129 Å². The molecule has 0 radical (unpaired) electrons. The van der Waals surface area contributed by atoms with Crippen molar-refractivity contribution < 1.29 is 36.6 Å². The summed E-state index contributed by atoms with van der Waals surface area (Å²) in [4.78, 5) is 22.8. The van der Waals surface area contributed by atoms with Gasteiger partial charge in [0.2, 0.25) is 5.75 Å². The molecule has 2 unspecified atom stereocenters. The lowest BCUT2D eigenvalue weighted by Crippen LogP contribution is -2.61. The number of fused-ring (bicyclic) bond motifs is 2. The van der Waals surface area contributed by atoms with Crippen molar-refractivity contribution in [3.8, 4) is 11.6 Å². The van der Waals surface area contributed by atoms with Crippen LogP contribution in [0.2, 0.25) is 0 Å². The number of nitrogens with zero attached hydrogens (tertiary/aromatic N) is 3. The van der Waals surface area contributed by atoms with Gasteiger partial charge in [0.1, 0.15) is 18.2 Å². The predicted molar refractivity (Wildman–Crippen MR) is 136 cm³/mol. The van der Waals surface area contributed by atoms with Crippen molar-refractivity contribution >= 4 is 27.4 Å². The highest BCUT2D eigenvalue weighted by molar-refractivity contribution is 7.90. The third kappa shape index (κ3) is 6.44. The maximum absolute atomic E-state index is 14.6. The Balaban J connectivity index is 1.48. The number of ether oxygens (including phenoxy) is 4. The van der Waals surface area contributed by atoms with Gasteiger partial charge >= 0.3 is 6.09 Å². The number of carbonyl (C=O) groups excluding carboxylic acids is 1. The van der Waals surface area contributed by atoms with E-state index in [9.17, 15) is 17.6 Å². The number of hydrogen-bond acceptors (Lipinski definition) is 10. The van der Waals surface area contributed by atoms with Gasteiger partial charge in [-0.25, -0.2) is 22.6 Å². The van der Waals surface area contributed by atoms with E-state index in [0.717, 1.165) is 12.3 Å². The van der Waals surface area contributed by atoms with Crippen molar-refractivity contribution in [1.82, 2.24) is 14.9 Å². The standard InChI is InChI=1S/C25H33FN4O7S/c1-25(2,3)13-36-24(31)30-15-8-17(9-16(30)12-35-11-15)37-23-21(34-4)22(27-14-28-23)29-20-7-6-18(10-19(20)26)38(5,32)33/h6-7,10,14-17H,8-9,11-13H2,1-5H3,(H,27,28,29). The maximum atomic E-state index is 14.6. The summed E-state index contributed by atoms with van der Waals surface area (Å²) in [6.07, 6.45) is 2.61. The van der Waals surface area contributed by atoms with E-state index in [-0.39, 0.29) is 57.7 Å². The van der Waals surface area contributed by atoms with Gasteiger partial charge in [-0.3, -0.25) is 4.90 Å². The molecular weight excluding hydrogens is 519 g/mol. The molecule has 38 heavy (non-hydrogen) atoms. The monoisotopic (exact) mass is 552 g/mol. The molecule has 0 spiro atoms. The number of aromatic nitrogens is 2. The van der Waals surface area contributed by atoms with Gasteiger partial charge < -0.3 is 24.3 Å². The lowest BCUT2D eigenvalue weighted by molar-refractivity contribution is -0.0930. The van der Waals surface area contributed by atoms with Gasteiger partial charge in [0.15, 0.2) is 15.7 Å². The lowest BCUT2D eigenvalue weighted by atomic mass is 9.92. The van der Waals surface area contributed by atoms with Crippen molar-refractivity contribution in [3.05, 3.63) is 30.3 Å². The SMILES string of the molecule is COc1c(Nc2ccc(S(C)(=O)=O)cc2F)ncnc1OC1CC2COCC(C1)N2C(=O)OCC(C)(C)C. The Morgan fingerprint density at radius 3 is 2.47 bits per heavy atom. The van der Waals surface area contributed by atoms with Crippen LogP contribution in [0.4, 0.5) is 20.7 Å². The molecule has 2 aromatic rings. The highest BCUT2D eigenvalue weighted by Gasteiger charge is 2.44. The van der Waals surface area contributed by atoms with E-state index >= 15 is 0 Å². The van der Waals surface area contributed by atoms with Gasteiger partial charge in [-0.15, -0.1) is 0 Å². The first-order valence-electron chi connectivity index (χ1n) is 12.2. The predicted octanol–water partition coefficient (Wildman–Crippen LogP) is 3.56. The second-order valence-electron chi connectivity index (χ2n) is 10.7. The number of halogens is 1. The average Bonchev–Trinajstić information content (AvgIpc) is 2.82. The molecule has 2 fully saturated rings. The number of benzene rings is 1. The van der Waals surface area contributed by atoms with E-state index < -0.39 is 15.7 Å². The summed E-state index contributed by atoms with van der Waals surface area (Å²) in [7, 11) is -2.14. The van der Waals surface area contributed by atoms with Crippen molar-refractivity contribution in [2.24, 2.45) is 5.41 Å². The van der Waals surface area contributed by atoms with E-state index in [1.807, 2.05) is 20.8 Å². The van der Waals surface area contributed by atoms with E-state index in [1.54, 1.807) is 4.90 Å². The maximum Gasteiger partial charge on any atom is 0.410 e. The average molecular weight is 553 g/mol.